The minimum atomic E-state index is 0.227. The first kappa shape index (κ1) is 13.4. The van der Waals surface area contributed by atoms with Crippen LogP contribution in [0.4, 0.5) is 5.69 Å². The van der Waals surface area contributed by atoms with Gasteiger partial charge in [0.15, 0.2) is 0 Å². The fraction of sp³-hybridized carbons (Fsp3) is 0.600. The Kier molecular flexibility index (Phi) is 3.93. The molecule has 1 aliphatic rings. The predicted octanol–water partition coefficient (Wildman–Crippen LogP) is 1.80. The molecule has 1 aromatic rings. The molecule has 1 heterocycles. The number of benzene rings is 1. The normalized spacial score (nSPS) is 25.5. The molecule has 100 valence electrons. The van der Waals surface area contributed by atoms with E-state index in [-0.39, 0.29) is 12.6 Å². The summed E-state index contributed by atoms with van der Waals surface area (Å²) in [5, 5.41) is 9.48. The Hall–Kier alpha value is -1.06. The maximum Gasteiger partial charge on any atom is 0.0604 e. The summed E-state index contributed by atoms with van der Waals surface area (Å²) >= 11 is 0. The number of aryl methyl sites for hydroxylation is 2. The third kappa shape index (κ3) is 2.38. The van der Waals surface area contributed by atoms with E-state index >= 15 is 0 Å². The van der Waals surface area contributed by atoms with E-state index in [1.807, 2.05) is 0 Å². The number of anilines is 1. The number of aliphatic hydroxyl groups excluding tert-OH is 1. The highest BCUT2D eigenvalue weighted by atomic mass is 16.3. The highest BCUT2D eigenvalue weighted by Crippen LogP contribution is 2.29. The van der Waals surface area contributed by atoms with E-state index in [0.29, 0.717) is 6.04 Å². The zero-order valence-corrected chi connectivity index (χ0v) is 11.8. The molecule has 0 radical (unpaired) electrons. The van der Waals surface area contributed by atoms with Gasteiger partial charge in [0.25, 0.3) is 0 Å². The van der Waals surface area contributed by atoms with Gasteiger partial charge in [-0.3, -0.25) is 4.90 Å². The van der Waals surface area contributed by atoms with Crippen molar-refractivity contribution in [2.45, 2.75) is 32.9 Å². The predicted molar refractivity (Wildman–Crippen MR) is 76.2 cm³/mol. The second kappa shape index (κ2) is 5.29. The molecule has 1 saturated heterocycles. The number of para-hydroxylation sites is 1. The molecule has 0 spiro atoms. The molecule has 0 aliphatic carbocycles. The van der Waals surface area contributed by atoms with Gasteiger partial charge in [-0.15, -0.1) is 0 Å². The lowest BCUT2D eigenvalue weighted by Crippen LogP contribution is -2.57. The summed E-state index contributed by atoms with van der Waals surface area (Å²) in [4.78, 5) is 4.71. The smallest absolute Gasteiger partial charge is 0.0604 e. The Balaban J connectivity index is 2.32. The van der Waals surface area contributed by atoms with Crippen molar-refractivity contribution in [3.05, 3.63) is 29.3 Å². The number of aliphatic hydroxyl groups is 1. The SMILES string of the molecule is Cc1cccc(C)c1N1CC(CO)N(C)CC1C. The van der Waals surface area contributed by atoms with Crippen molar-refractivity contribution in [1.82, 2.24) is 4.90 Å². The summed E-state index contributed by atoms with van der Waals surface area (Å²) in [5.74, 6) is 0. The van der Waals surface area contributed by atoms with Crippen molar-refractivity contribution in [1.29, 1.82) is 0 Å². The van der Waals surface area contributed by atoms with Gasteiger partial charge >= 0.3 is 0 Å². The van der Waals surface area contributed by atoms with Crippen LogP contribution >= 0.6 is 0 Å². The van der Waals surface area contributed by atoms with Gasteiger partial charge in [-0.1, -0.05) is 18.2 Å². The molecular formula is C15H24N2O. The lowest BCUT2D eigenvalue weighted by Gasteiger charge is -2.45. The molecule has 0 saturated carbocycles. The minimum absolute atomic E-state index is 0.227. The topological polar surface area (TPSA) is 26.7 Å². The first-order valence-electron chi connectivity index (χ1n) is 6.68. The van der Waals surface area contributed by atoms with Crippen LogP contribution in [0.25, 0.3) is 0 Å². The monoisotopic (exact) mass is 248 g/mol. The van der Waals surface area contributed by atoms with E-state index in [1.165, 1.54) is 16.8 Å². The lowest BCUT2D eigenvalue weighted by atomic mass is 10.0. The summed E-state index contributed by atoms with van der Waals surface area (Å²) in [7, 11) is 2.10. The van der Waals surface area contributed by atoms with Gasteiger partial charge in [-0.25, -0.2) is 0 Å². The number of likely N-dealkylation sites (N-methyl/N-ethyl adjacent to an activating group) is 1. The summed E-state index contributed by atoms with van der Waals surface area (Å²) in [6.07, 6.45) is 0. The largest absolute Gasteiger partial charge is 0.395 e. The van der Waals surface area contributed by atoms with Crippen molar-refractivity contribution >= 4 is 5.69 Å². The number of hydrogen-bond donors (Lipinski definition) is 1. The number of hydrogen-bond acceptors (Lipinski definition) is 3. The first-order valence-corrected chi connectivity index (χ1v) is 6.68. The highest BCUT2D eigenvalue weighted by molar-refractivity contribution is 5.60. The summed E-state index contributed by atoms with van der Waals surface area (Å²) in [6, 6.07) is 7.17. The van der Waals surface area contributed by atoms with E-state index in [9.17, 15) is 5.11 Å². The highest BCUT2D eigenvalue weighted by Gasteiger charge is 2.30. The van der Waals surface area contributed by atoms with Gasteiger partial charge in [0.2, 0.25) is 0 Å². The van der Waals surface area contributed by atoms with E-state index in [4.69, 9.17) is 0 Å². The van der Waals surface area contributed by atoms with Crippen LogP contribution in [0, 0.1) is 13.8 Å². The quantitative estimate of drug-likeness (QED) is 0.864. The average molecular weight is 248 g/mol. The summed E-state index contributed by atoms with van der Waals surface area (Å²) < 4.78 is 0. The van der Waals surface area contributed by atoms with Crippen molar-refractivity contribution < 1.29 is 5.11 Å². The molecule has 1 fully saturated rings. The van der Waals surface area contributed by atoms with Gasteiger partial charge in [-0.05, 0) is 38.9 Å². The van der Waals surface area contributed by atoms with Crippen LogP contribution in [-0.4, -0.2) is 48.8 Å². The second-order valence-corrected chi connectivity index (χ2v) is 5.52. The molecule has 2 atom stereocenters. The van der Waals surface area contributed by atoms with Gasteiger partial charge in [0.05, 0.1) is 12.6 Å². The third-order valence-electron chi connectivity index (χ3n) is 4.05. The third-order valence-corrected chi connectivity index (χ3v) is 4.05. The maximum absolute atomic E-state index is 9.48. The number of piperazine rings is 1. The second-order valence-electron chi connectivity index (χ2n) is 5.52. The number of rotatable bonds is 2. The number of nitrogens with zero attached hydrogens (tertiary/aromatic N) is 2. The van der Waals surface area contributed by atoms with Crippen LogP contribution in [0.5, 0.6) is 0 Å². The molecule has 0 aromatic heterocycles. The molecule has 0 bridgehead atoms. The van der Waals surface area contributed by atoms with Crippen LogP contribution in [-0.2, 0) is 0 Å². The molecule has 18 heavy (non-hydrogen) atoms. The van der Waals surface area contributed by atoms with Crippen molar-refractivity contribution in [3.63, 3.8) is 0 Å². The Morgan fingerprint density at radius 2 is 1.83 bits per heavy atom. The molecule has 3 nitrogen and oxygen atoms in total. The van der Waals surface area contributed by atoms with Gasteiger partial charge in [0.1, 0.15) is 0 Å². The fourth-order valence-corrected chi connectivity index (χ4v) is 2.98. The molecule has 2 unspecified atom stereocenters. The maximum atomic E-state index is 9.48. The lowest BCUT2D eigenvalue weighted by molar-refractivity contribution is 0.121. The fourth-order valence-electron chi connectivity index (χ4n) is 2.98. The molecule has 1 aromatic carbocycles. The zero-order valence-electron chi connectivity index (χ0n) is 11.8. The molecular weight excluding hydrogens is 224 g/mol. The van der Waals surface area contributed by atoms with Crippen LogP contribution in [0.15, 0.2) is 18.2 Å². The van der Waals surface area contributed by atoms with Gasteiger partial charge in [0, 0.05) is 24.8 Å². The van der Waals surface area contributed by atoms with Crippen LogP contribution in [0.3, 0.4) is 0 Å². The summed E-state index contributed by atoms with van der Waals surface area (Å²) in [5.41, 5.74) is 3.99. The molecule has 2 rings (SSSR count). The Bertz CT molecular complexity index is 399. The molecule has 3 heteroatoms. The summed E-state index contributed by atoms with van der Waals surface area (Å²) in [6.45, 7) is 8.72. The molecule has 1 aliphatic heterocycles. The Morgan fingerprint density at radius 1 is 1.22 bits per heavy atom. The van der Waals surface area contributed by atoms with Crippen LogP contribution in [0.2, 0.25) is 0 Å². The minimum Gasteiger partial charge on any atom is -0.395 e. The Morgan fingerprint density at radius 3 is 2.39 bits per heavy atom. The Labute approximate surface area is 110 Å². The molecule has 0 amide bonds. The molecule has 1 N–H and O–H groups in total. The first-order chi connectivity index (χ1) is 8.54. The van der Waals surface area contributed by atoms with Crippen LogP contribution in [0.1, 0.15) is 18.1 Å². The average Bonchev–Trinajstić information content (AvgIpc) is 2.31. The van der Waals surface area contributed by atoms with Crippen molar-refractivity contribution in [2.75, 3.05) is 31.6 Å². The van der Waals surface area contributed by atoms with Crippen molar-refractivity contribution in [3.8, 4) is 0 Å². The van der Waals surface area contributed by atoms with Crippen LogP contribution < -0.4 is 4.90 Å². The van der Waals surface area contributed by atoms with E-state index in [1.54, 1.807) is 0 Å². The van der Waals surface area contributed by atoms with Gasteiger partial charge < -0.3 is 10.0 Å². The van der Waals surface area contributed by atoms with E-state index < -0.39 is 0 Å². The van der Waals surface area contributed by atoms with E-state index in [0.717, 1.165) is 13.1 Å². The zero-order chi connectivity index (χ0) is 13.3. The van der Waals surface area contributed by atoms with Gasteiger partial charge in [-0.2, -0.15) is 0 Å². The standard InChI is InChI=1S/C15H24N2O/c1-11-6-5-7-12(2)15(11)17-9-14(10-18)16(4)8-13(17)3/h5-7,13-14,18H,8-10H2,1-4H3. The van der Waals surface area contributed by atoms with Crippen molar-refractivity contribution in [2.24, 2.45) is 0 Å². The van der Waals surface area contributed by atoms with E-state index in [2.05, 4.69) is 55.8 Å².